The van der Waals surface area contributed by atoms with Crippen molar-refractivity contribution in [3.63, 3.8) is 0 Å². The number of nitro benzene ring substituents is 1. The lowest BCUT2D eigenvalue weighted by Crippen LogP contribution is -2.36. The zero-order valence-corrected chi connectivity index (χ0v) is 10.7. The summed E-state index contributed by atoms with van der Waals surface area (Å²) in [4.78, 5) is 21.4. The highest BCUT2D eigenvalue weighted by Gasteiger charge is 2.16. The summed E-state index contributed by atoms with van der Waals surface area (Å²) in [6.07, 6.45) is -0.719. The van der Waals surface area contributed by atoms with Crippen LogP contribution in [0.4, 0.5) is 5.69 Å². The Labute approximate surface area is 109 Å². The minimum absolute atomic E-state index is 0.0975. The molecular weight excluding hydrogens is 260 g/mol. The van der Waals surface area contributed by atoms with E-state index in [0.717, 1.165) is 0 Å². The first-order chi connectivity index (χ1) is 8.45. The first-order valence-corrected chi connectivity index (χ1v) is 5.71. The maximum absolute atomic E-state index is 11.4. The van der Waals surface area contributed by atoms with Gasteiger partial charge in [0, 0.05) is 18.7 Å². The number of benzene rings is 1. The minimum atomic E-state index is -0.719. The number of rotatable bonds is 5. The zero-order chi connectivity index (χ0) is 13.7. The second-order valence-corrected chi connectivity index (χ2v) is 3.93. The summed E-state index contributed by atoms with van der Waals surface area (Å²) >= 11 is 5.84. The van der Waals surface area contributed by atoms with Gasteiger partial charge in [-0.3, -0.25) is 14.9 Å². The molecule has 1 N–H and O–H groups in total. The molecule has 0 saturated carbocycles. The minimum Gasteiger partial charge on any atom is -0.479 e. The molecule has 0 saturated heterocycles. The molecule has 6 nitrogen and oxygen atoms in total. The van der Waals surface area contributed by atoms with E-state index < -0.39 is 11.0 Å². The molecule has 0 radical (unpaired) electrons. The van der Waals surface area contributed by atoms with Crippen LogP contribution in [0, 0.1) is 10.1 Å². The normalized spacial score (nSPS) is 11.7. The van der Waals surface area contributed by atoms with Crippen molar-refractivity contribution in [1.29, 1.82) is 0 Å². The van der Waals surface area contributed by atoms with Crippen LogP contribution in [0.5, 0.6) is 5.75 Å². The first kappa shape index (κ1) is 14.2. The fraction of sp³-hybridized carbons (Fsp3) is 0.364. The van der Waals surface area contributed by atoms with Crippen molar-refractivity contribution in [2.45, 2.75) is 20.0 Å². The highest BCUT2D eigenvalue weighted by atomic mass is 35.5. The summed E-state index contributed by atoms with van der Waals surface area (Å²) in [7, 11) is 0. The number of ether oxygens (including phenoxy) is 1. The third-order valence-electron chi connectivity index (χ3n) is 2.15. The van der Waals surface area contributed by atoms with Crippen LogP contribution in [0.1, 0.15) is 13.8 Å². The summed E-state index contributed by atoms with van der Waals surface area (Å²) < 4.78 is 5.33. The molecule has 1 atom stereocenters. The summed E-state index contributed by atoms with van der Waals surface area (Å²) in [5.74, 6) is -0.0343. The number of amides is 1. The summed E-state index contributed by atoms with van der Waals surface area (Å²) in [5, 5.41) is 13.2. The van der Waals surface area contributed by atoms with Gasteiger partial charge in [0.25, 0.3) is 11.6 Å². The average molecular weight is 273 g/mol. The summed E-state index contributed by atoms with van der Waals surface area (Å²) in [5.41, 5.74) is -0.127. The van der Waals surface area contributed by atoms with Crippen LogP contribution in [0.3, 0.4) is 0 Å². The highest BCUT2D eigenvalue weighted by Crippen LogP contribution is 2.29. The van der Waals surface area contributed by atoms with Crippen molar-refractivity contribution in [2.24, 2.45) is 0 Å². The Morgan fingerprint density at radius 1 is 1.61 bits per heavy atom. The van der Waals surface area contributed by atoms with Crippen LogP contribution in [-0.2, 0) is 4.79 Å². The summed E-state index contributed by atoms with van der Waals surface area (Å²) in [6, 6.07) is 3.82. The van der Waals surface area contributed by atoms with E-state index in [-0.39, 0.29) is 22.4 Å². The Morgan fingerprint density at radius 2 is 2.28 bits per heavy atom. The second-order valence-electron chi connectivity index (χ2n) is 3.53. The van der Waals surface area contributed by atoms with Crippen LogP contribution in [0.25, 0.3) is 0 Å². The SMILES string of the molecule is CCNC(=O)[C@H](C)Oc1ccc([N+](=O)[O-])cc1Cl. The van der Waals surface area contributed by atoms with E-state index in [4.69, 9.17) is 16.3 Å². The van der Waals surface area contributed by atoms with E-state index in [2.05, 4.69) is 5.32 Å². The van der Waals surface area contributed by atoms with Gasteiger partial charge in [-0.25, -0.2) is 0 Å². The van der Waals surface area contributed by atoms with Crippen molar-refractivity contribution in [1.82, 2.24) is 5.32 Å². The van der Waals surface area contributed by atoms with Gasteiger partial charge in [0.2, 0.25) is 0 Å². The van der Waals surface area contributed by atoms with Gasteiger partial charge < -0.3 is 10.1 Å². The largest absolute Gasteiger partial charge is 0.479 e. The lowest BCUT2D eigenvalue weighted by Gasteiger charge is -2.14. The Balaban J connectivity index is 2.79. The van der Waals surface area contributed by atoms with Gasteiger partial charge >= 0.3 is 0 Å². The number of carbonyl (C=O) groups excluding carboxylic acids is 1. The fourth-order valence-electron chi connectivity index (χ4n) is 1.26. The predicted octanol–water partition coefficient (Wildman–Crippen LogP) is 2.15. The smallest absolute Gasteiger partial charge is 0.271 e. The van der Waals surface area contributed by atoms with Gasteiger partial charge in [-0.1, -0.05) is 11.6 Å². The number of nitrogens with zero attached hydrogens (tertiary/aromatic N) is 1. The molecule has 0 heterocycles. The molecule has 1 rings (SSSR count). The molecule has 0 aliphatic carbocycles. The van der Waals surface area contributed by atoms with Crippen molar-refractivity contribution in [2.75, 3.05) is 6.54 Å². The van der Waals surface area contributed by atoms with Crippen molar-refractivity contribution < 1.29 is 14.5 Å². The lowest BCUT2D eigenvalue weighted by atomic mass is 10.3. The predicted molar refractivity (Wildman–Crippen MR) is 66.9 cm³/mol. The number of hydrogen-bond donors (Lipinski definition) is 1. The molecule has 0 fully saturated rings. The topological polar surface area (TPSA) is 81.5 Å². The number of nitrogens with one attached hydrogen (secondary N) is 1. The van der Waals surface area contributed by atoms with E-state index in [1.165, 1.54) is 18.2 Å². The molecule has 0 bridgehead atoms. The average Bonchev–Trinajstić information content (AvgIpc) is 2.31. The van der Waals surface area contributed by atoms with Crippen molar-refractivity contribution in [3.05, 3.63) is 33.3 Å². The molecule has 1 aromatic rings. The first-order valence-electron chi connectivity index (χ1n) is 5.34. The Bertz CT molecular complexity index is 464. The molecule has 0 unspecified atom stereocenters. The van der Waals surface area contributed by atoms with Gasteiger partial charge in [0.1, 0.15) is 5.75 Å². The van der Waals surface area contributed by atoms with E-state index in [9.17, 15) is 14.9 Å². The fourth-order valence-corrected chi connectivity index (χ4v) is 1.48. The number of halogens is 1. The zero-order valence-electron chi connectivity index (χ0n) is 9.97. The Kier molecular flexibility index (Phi) is 4.91. The van der Waals surface area contributed by atoms with Gasteiger partial charge in [0.15, 0.2) is 6.10 Å². The monoisotopic (exact) mass is 272 g/mol. The molecule has 0 aliphatic rings. The number of carbonyl (C=O) groups is 1. The van der Waals surface area contributed by atoms with Gasteiger partial charge in [-0.2, -0.15) is 0 Å². The quantitative estimate of drug-likeness (QED) is 0.658. The highest BCUT2D eigenvalue weighted by molar-refractivity contribution is 6.32. The standard InChI is InChI=1S/C11H13ClN2O4/c1-3-13-11(15)7(2)18-10-5-4-8(14(16)17)6-9(10)12/h4-7H,3H2,1-2H3,(H,13,15)/t7-/m0/s1. The second kappa shape index (κ2) is 6.20. The number of likely N-dealkylation sites (N-methyl/N-ethyl adjacent to an activating group) is 1. The van der Waals surface area contributed by atoms with Crippen LogP contribution >= 0.6 is 11.6 Å². The van der Waals surface area contributed by atoms with Crippen molar-refractivity contribution >= 4 is 23.2 Å². The molecular formula is C11H13ClN2O4. The maximum atomic E-state index is 11.4. The molecule has 1 amide bonds. The molecule has 0 aromatic heterocycles. The number of non-ortho nitro benzene ring substituents is 1. The molecule has 7 heteroatoms. The van der Waals surface area contributed by atoms with Crippen LogP contribution in [0.15, 0.2) is 18.2 Å². The van der Waals surface area contributed by atoms with Crippen LogP contribution in [0.2, 0.25) is 5.02 Å². The van der Waals surface area contributed by atoms with Crippen molar-refractivity contribution in [3.8, 4) is 5.75 Å². The van der Waals surface area contributed by atoms with Gasteiger partial charge in [-0.15, -0.1) is 0 Å². The van der Waals surface area contributed by atoms with Gasteiger partial charge in [-0.05, 0) is 19.9 Å². The van der Waals surface area contributed by atoms with Crippen LogP contribution in [-0.4, -0.2) is 23.5 Å². The van der Waals surface area contributed by atoms with E-state index in [1.54, 1.807) is 13.8 Å². The lowest BCUT2D eigenvalue weighted by molar-refractivity contribution is -0.384. The molecule has 98 valence electrons. The molecule has 0 spiro atoms. The van der Waals surface area contributed by atoms with E-state index in [0.29, 0.717) is 6.54 Å². The maximum Gasteiger partial charge on any atom is 0.271 e. The third kappa shape index (κ3) is 3.59. The van der Waals surface area contributed by atoms with Crippen LogP contribution < -0.4 is 10.1 Å². The summed E-state index contributed by atoms with van der Waals surface area (Å²) in [6.45, 7) is 3.87. The van der Waals surface area contributed by atoms with E-state index in [1.807, 2.05) is 0 Å². The van der Waals surface area contributed by atoms with Gasteiger partial charge in [0.05, 0.1) is 9.95 Å². The third-order valence-corrected chi connectivity index (χ3v) is 2.45. The molecule has 1 aromatic carbocycles. The Hall–Kier alpha value is -1.82. The van der Waals surface area contributed by atoms with E-state index >= 15 is 0 Å². The molecule has 18 heavy (non-hydrogen) atoms. The molecule has 0 aliphatic heterocycles. The number of hydrogen-bond acceptors (Lipinski definition) is 4. The number of nitro groups is 1. The Morgan fingerprint density at radius 3 is 2.78 bits per heavy atom.